The monoisotopic (exact) mass is 319 g/mol. The maximum atomic E-state index is 11.3. The van der Waals surface area contributed by atoms with Crippen LogP contribution in [-0.2, 0) is 17.8 Å². The zero-order chi connectivity index (χ0) is 15.0. The Hall–Kier alpha value is -1.72. The molecule has 108 valence electrons. The number of rotatable bonds is 3. The van der Waals surface area contributed by atoms with E-state index in [2.05, 4.69) is 22.2 Å². The van der Waals surface area contributed by atoms with Crippen molar-refractivity contribution in [2.75, 3.05) is 0 Å². The molecule has 6 heteroatoms. The predicted molar refractivity (Wildman–Crippen MR) is 87.2 cm³/mol. The van der Waals surface area contributed by atoms with E-state index in [-0.39, 0.29) is 6.42 Å². The maximum absolute atomic E-state index is 11.3. The number of allylic oxidation sites excluding steroid dienone is 1. The van der Waals surface area contributed by atoms with E-state index in [0.717, 1.165) is 40.4 Å². The molecule has 0 unspecified atom stereocenters. The van der Waals surface area contributed by atoms with E-state index >= 15 is 0 Å². The largest absolute Gasteiger partial charge is 0.369 e. The molecule has 0 spiro atoms. The van der Waals surface area contributed by atoms with Crippen molar-refractivity contribution in [3.8, 4) is 11.3 Å². The first-order valence-electron chi connectivity index (χ1n) is 6.57. The molecular formula is C15H14ClN3OS. The molecule has 0 saturated heterocycles. The number of nitrogens with two attached hydrogens (primary N) is 1. The van der Waals surface area contributed by atoms with Gasteiger partial charge in [0.1, 0.15) is 0 Å². The van der Waals surface area contributed by atoms with E-state index in [1.54, 1.807) is 12.4 Å². The molecular weight excluding hydrogens is 306 g/mol. The number of nitrogens with zero attached hydrogens (tertiary/aromatic N) is 2. The molecule has 4 nitrogen and oxygen atoms in total. The molecule has 2 aromatic rings. The van der Waals surface area contributed by atoms with Gasteiger partial charge in [0.15, 0.2) is 0 Å². The van der Waals surface area contributed by atoms with Crippen molar-refractivity contribution >= 4 is 36.2 Å². The maximum Gasteiger partial charge on any atom is 0.221 e. The quantitative estimate of drug-likeness (QED) is 0.855. The summed E-state index contributed by atoms with van der Waals surface area (Å²) in [7, 11) is 0. The first kappa shape index (κ1) is 14.2. The minimum absolute atomic E-state index is 0.117. The van der Waals surface area contributed by atoms with Gasteiger partial charge in [-0.15, -0.1) is 12.6 Å². The van der Waals surface area contributed by atoms with Gasteiger partial charge in [0, 0.05) is 35.8 Å². The molecule has 0 atom stereocenters. The van der Waals surface area contributed by atoms with Gasteiger partial charge in [0.2, 0.25) is 5.91 Å². The van der Waals surface area contributed by atoms with Crippen LogP contribution in [0.2, 0.25) is 5.02 Å². The highest BCUT2D eigenvalue weighted by atomic mass is 35.5. The molecule has 0 saturated carbocycles. The molecule has 0 fully saturated rings. The molecule has 2 N–H and O–H groups in total. The summed E-state index contributed by atoms with van der Waals surface area (Å²) in [6.07, 6.45) is 6.39. The van der Waals surface area contributed by atoms with Gasteiger partial charge < -0.3 is 10.3 Å². The lowest BCUT2D eigenvalue weighted by Crippen LogP contribution is -2.15. The molecule has 3 heterocycles. The van der Waals surface area contributed by atoms with E-state index in [9.17, 15) is 4.79 Å². The number of fused-ring (bicyclic) bond motifs is 1. The minimum atomic E-state index is -0.400. The summed E-state index contributed by atoms with van der Waals surface area (Å²) in [6, 6.07) is 3.82. The predicted octanol–water partition coefficient (Wildman–Crippen LogP) is 2.91. The highest BCUT2D eigenvalue weighted by Gasteiger charge is 2.24. The summed E-state index contributed by atoms with van der Waals surface area (Å²) in [4.78, 5) is 16.5. The molecule has 1 aliphatic heterocycles. The summed E-state index contributed by atoms with van der Waals surface area (Å²) in [5, 5.41) is 0.566. The smallest absolute Gasteiger partial charge is 0.221 e. The average molecular weight is 320 g/mol. The third kappa shape index (κ3) is 2.59. The van der Waals surface area contributed by atoms with Crippen molar-refractivity contribution in [1.29, 1.82) is 0 Å². The fraction of sp³-hybridized carbons (Fsp3) is 0.200. The molecule has 0 aliphatic carbocycles. The van der Waals surface area contributed by atoms with Crippen molar-refractivity contribution < 1.29 is 4.79 Å². The van der Waals surface area contributed by atoms with E-state index in [0.29, 0.717) is 5.02 Å². The van der Waals surface area contributed by atoms with Crippen molar-refractivity contribution in [3.05, 3.63) is 45.7 Å². The zero-order valence-electron chi connectivity index (χ0n) is 11.2. The van der Waals surface area contributed by atoms with Gasteiger partial charge in [-0.1, -0.05) is 11.6 Å². The molecule has 2 aromatic heterocycles. The fourth-order valence-electron chi connectivity index (χ4n) is 2.64. The molecule has 3 rings (SSSR count). The number of hydrogen-bond acceptors (Lipinski definition) is 3. The van der Waals surface area contributed by atoms with Gasteiger partial charge in [-0.05, 0) is 29.5 Å². The molecule has 0 aromatic carbocycles. The Morgan fingerprint density at radius 1 is 1.52 bits per heavy atom. The van der Waals surface area contributed by atoms with Crippen LogP contribution in [0, 0.1) is 0 Å². The average Bonchev–Trinajstić information content (AvgIpc) is 2.72. The lowest BCUT2D eigenvalue weighted by Gasteiger charge is -2.17. The van der Waals surface area contributed by atoms with E-state index in [1.807, 2.05) is 18.2 Å². The molecule has 1 amide bonds. The summed E-state index contributed by atoms with van der Waals surface area (Å²) < 4.78 is 2.11. The van der Waals surface area contributed by atoms with Crippen LogP contribution < -0.4 is 5.73 Å². The highest BCUT2D eigenvalue weighted by Crippen LogP contribution is 2.39. The molecule has 21 heavy (non-hydrogen) atoms. The van der Waals surface area contributed by atoms with Crippen LogP contribution in [0.25, 0.3) is 17.3 Å². The first-order chi connectivity index (χ1) is 10.1. The van der Waals surface area contributed by atoms with Crippen LogP contribution in [0.5, 0.6) is 0 Å². The number of halogens is 1. The van der Waals surface area contributed by atoms with Crippen molar-refractivity contribution in [2.45, 2.75) is 19.4 Å². The highest BCUT2D eigenvalue weighted by molar-refractivity contribution is 7.84. The summed E-state index contributed by atoms with van der Waals surface area (Å²) in [5.41, 5.74) is 8.83. The Bertz CT molecular complexity index is 737. The molecule has 1 aliphatic rings. The second-order valence-corrected chi connectivity index (χ2v) is 5.90. The van der Waals surface area contributed by atoms with E-state index in [1.165, 1.54) is 0 Å². The third-order valence-electron chi connectivity index (χ3n) is 3.52. The third-order valence-corrected chi connectivity index (χ3v) is 4.28. The van der Waals surface area contributed by atoms with Crippen LogP contribution >= 0.6 is 24.2 Å². The number of primary amides is 1. The van der Waals surface area contributed by atoms with Crippen LogP contribution in [0.1, 0.15) is 17.7 Å². The second-order valence-electron chi connectivity index (χ2n) is 4.95. The summed E-state index contributed by atoms with van der Waals surface area (Å²) in [6.45, 7) is 0.771. The SMILES string of the molecule is NC(=O)Cc1c(Cl)c(-c2cccnc2)n2c1C=C(S)CC2. The van der Waals surface area contributed by atoms with Crippen LogP contribution in [0.3, 0.4) is 0 Å². The first-order valence-corrected chi connectivity index (χ1v) is 7.39. The van der Waals surface area contributed by atoms with Gasteiger partial charge in [0.25, 0.3) is 0 Å². The number of carbonyl (C=O) groups is 1. The lowest BCUT2D eigenvalue weighted by atomic mass is 10.1. The van der Waals surface area contributed by atoms with Gasteiger partial charge in [-0.2, -0.15) is 0 Å². The Morgan fingerprint density at radius 3 is 3.00 bits per heavy atom. The summed E-state index contributed by atoms with van der Waals surface area (Å²) in [5.74, 6) is -0.400. The van der Waals surface area contributed by atoms with Gasteiger partial charge in [0.05, 0.1) is 17.1 Å². The van der Waals surface area contributed by atoms with E-state index in [4.69, 9.17) is 17.3 Å². The second kappa shape index (κ2) is 5.58. The topological polar surface area (TPSA) is 60.9 Å². The van der Waals surface area contributed by atoms with Crippen LogP contribution in [-0.4, -0.2) is 15.5 Å². The Morgan fingerprint density at radius 2 is 2.33 bits per heavy atom. The molecule has 0 radical (unpaired) electrons. The van der Waals surface area contributed by atoms with Crippen molar-refractivity contribution in [2.24, 2.45) is 5.73 Å². The van der Waals surface area contributed by atoms with Crippen LogP contribution in [0.15, 0.2) is 29.4 Å². The fourth-order valence-corrected chi connectivity index (χ4v) is 3.24. The molecule has 0 bridgehead atoms. The lowest BCUT2D eigenvalue weighted by molar-refractivity contribution is -0.117. The number of pyridine rings is 1. The van der Waals surface area contributed by atoms with Crippen molar-refractivity contribution in [3.63, 3.8) is 0 Å². The minimum Gasteiger partial charge on any atom is -0.369 e. The number of thiol groups is 1. The van der Waals surface area contributed by atoms with Gasteiger partial charge >= 0.3 is 0 Å². The van der Waals surface area contributed by atoms with Crippen LogP contribution in [0.4, 0.5) is 0 Å². The number of hydrogen-bond donors (Lipinski definition) is 2. The zero-order valence-corrected chi connectivity index (χ0v) is 12.9. The van der Waals surface area contributed by atoms with Gasteiger partial charge in [-0.25, -0.2) is 0 Å². The Labute approximate surface area is 133 Å². The normalized spacial score (nSPS) is 13.7. The number of carbonyl (C=O) groups excluding carboxylic acids is 1. The van der Waals surface area contributed by atoms with E-state index < -0.39 is 5.91 Å². The Kier molecular flexibility index (Phi) is 3.78. The van der Waals surface area contributed by atoms with Gasteiger partial charge in [-0.3, -0.25) is 9.78 Å². The summed E-state index contributed by atoms with van der Waals surface area (Å²) >= 11 is 11.0. The Balaban J connectivity index is 2.24. The number of amides is 1. The number of aromatic nitrogens is 2. The van der Waals surface area contributed by atoms with Crippen molar-refractivity contribution in [1.82, 2.24) is 9.55 Å². The standard InChI is InChI=1S/C15H14ClN3OS/c16-14-11(7-13(17)20)12-6-10(21)3-5-19(12)15(14)9-2-1-4-18-8-9/h1-2,4,6,8,21H,3,5,7H2,(H2,17,20).